The molecule has 63 heavy (non-hydrogen) atoms. The highest BCUT2D eigenvalue weighted by atomic mass is 32.1. The van der Waals surface area contributed by atoms with E-state index in [1.54, 1.807) is 85.0 Å². The molecule has 0 radical (unpaired) electrons. The molecule has 2 amide bonds. The van der Waals surface area contributed by atoms with Crippen LogP contribution in [0.15, 0.2) is 68.9 Å². The Balaban J connectivity index is 1.40. The number of rotatable bonds is 12. The van der Waals surface area contributed by atoms with E-state index < -0.39 is 53.2 Å². The molecule has 0 atom stereocenters. The number of anilines is 2. The fourth-order valence-electron chi connectivity index (χ4n) is 6.03. The van der Waals surface area contributed by atoms with E-state index in [2.05, 4.69) is 10.2 Å². The first-order valence-electron chi connectivity index (χ1n) is 19.5. The van der Waals surface area contributed by atoms with Crippen molar-refractivity contribution in [1.29, 1.82) is 0 Å². The van der Waals surface area contributed by atoms with Crippen molar-refractivity contribution < 1.29 is 47.6 Å². The maximum absolute atomic E-state index is 14.3. The molecule has 4 heterocycles. The zero-order valence-electron chi connectivity index (χ0n) is 36.3. The highest BCUT2D eigenvalue weighted by Crippen LogP contribution is 2.36. The van der Waals surface area contributed by atoms with Crippen molar-refractivity contribution in [2.45, 2.75) is 66.6 Å². The SMILES string of the molecule is CCOC(=O)c1nn(-c2ccc(OCN(C(=O)OC(C)(C)C)c3scc4c(C(=O)OCC)nn(-c5ccc(OC)cc5)c(=O)c34)cc2)c(=O)c2c(N(C)C(=O)OC(C)(C)C)scc12. The zero-order valence-corrected chi connectivity index (χ0v) is 37.9. The van der Waals surface area contributed by atoms with Crippen molar-refractivity contribution in [3.63, 3.8) is 0 Å². The Kier molecular flexibility index (Phi) is 13.3. The van der Waals surface area contributed by atoms with Crippen LogP contribution in [0.3, 0.4) is 0 Å². The third-order valence-electron chi connectivity index (χ3n) is 8.79. The maximum atomic E-state index is 14.3. The Morgan fingerprint density at radius 2 is 1.08 bits per heavy atom. The number of carbonyl (C=O) groups excluding carboxylic acids is 4. The number of nitrogens with zero attached hydrogens (tertiary/aromatic N) is 6. The molecule has 6 aromatic rings. The lowest BCUT2D eigenvalue weighted by Crippen LogP contribution is -2.39. The van der Waals surface area contributed by atoms with Crippen LogP contribution in [0.4, 0.5) is 19.6 Å². The molecule has 0 fully saturated rings. The Labute approximate surface area is 369 Å². The van der Waals surface area contributed by atoms with Gasteiger partial charge in [0.05, 0.1) is 42.5 Å². The van der Waals surface area contributed by atoms with Gasteiger partial charge in [-0.3, -0.25) is 14.5 Å². The van der Waals surface area contributed by atoms with Crippen molar-refractivity contribution >= 4 is 78.3 Å². The summed E-state index contributed by atoms with van der Waals surface area (Å²) < 4.78 is 35.3. The summed E-state index contributed by atoms with van der Waals surface area (Å²) in [5.74, 6) is -0.800. The average molecular weight is 903 g/mol. The molecule has 0 spiro atoms. The predicted octanol–water partition coefficient (Wildman–Crippen LogP) is 7.72. The second-order valence-electron chi connectivity index (χ2n) is 15.6. The van der Waals surface area contributed by atoms with Crippen LogP contribution < -0.4 is 30.4 Å². The van der Waals surface area contributed by atoms with Gasteiger partial charge in [-0.15, -0.1) is 22.7 Å². The molecule has 332 valence electrons. The lowest BCUT2D eigenvalue weighted by atomic mass is 10.2. The van der Waals surface area contributed by atoms with E-state index in [9.17, 15) is 28.8 Å². The fourth-order valence-corrected chi connectivity index (χ4v) is 8.07. The van der Waals surface area contributed by atoms with E-state index in [0.717, 1.165) is 36.9 Å². The highest BCUT2D eigenvalue weighted by molar-refractivity contribution is 7.16. The summed E-state index contributed by atoms with van der Waals surface area (Å²) in [6.07, 6.45) is -1.56. The van der Waals surface area contributed by atoms with E-state index in [1.165, 1.54) is 48.7 Å². The number of aromatic nitrogens is 4. The average Bonchev–Trinajstić information content (AvgIpc) is 3.87. The van der Waals surface area contributed by atoms with Gasteiger partial charge in [0.15, 0.2) is 18.1 Å². The quantitative estimate of drug-likeness (QED) is 0.0657. The number of esters is 2. The molecular weight excluding hydrogens is 857 g/mol. The van der Waals surface area contributed by atoms with Gasteiger partial charge >= 0.3 is 24.1 Å². The van der Waals surface area contributed by atoms with Crippen LogP contribution in [-0.2, 0) is 18.9 Å². The van der Waals surface area contributed by atoms with Gasteiger partial charge in [-0.1, -0.05) is 0 Å². The summed E-state index contributed by atoms with van der Waals surface area (Å²) in [5.41, 5.74) is -2.79. The van der Waals surface area contributed by atoms with E-state index in [1.807, 2.05) is 0 Å². The van der Waals surface area contributed by atoms with Crippen molar-refractivity contribution in [2.24, 2.45) is 0 Å². The minimum Gasteiger partial charge on any atom is -0.497 e. The normalized spacial score (nSPS) is 11.6. The smallest absolute Gasteiger partial charge is 0.418 e. The van der Waals surface area contributed by atoms with Gasteiger partial charge in [0.1, 0.15) is 32.7 Å². The lowest BCUT2D eigenvalue weighted by Gasteiger charge is -2.26. The number of hydrogen-bond donors (Lipinski definition) is 0. The lowest BCUT2D eigenvalue weighted by molar-refractivity contribution is 0.0510. The third-order valence-corrected chi connectivity index (χ3v) is 10.8. The standard InChI is InChI=1S/C43H46N6O12S2/c1-11-57-38(52)32-28-21-62-36(46(9)40(54)60-42(3,4)5)30(28)34(50)48(44-32)25-15-19-27(20-16-25)59-23-47(41(55)61-43(6,7)8)37-31-29(22-63-37)33(39(53)58-12-2)45-49(35(31)51)24-13-17-26(56-10)18-14-24/h13-22H,11-12,23H2,1-10H3. The Morgan fingerprint density at radius 3 is 1.52 bits per heavy atom. The number of methoxy groups -OCH3 is 1. The van der Waals surface area contributed by atoms with Crippen molar-refractivity contribution in [3.05, 3.63) is 91.4 Å². The van der Waals surface area contributed by atoms with Crippen LogP contribution in [0.1, 0.15) is 76.4 Å². The van der Waals surface area contributed by atoms with Crippen molar-refractivity contribution in [1.82, 2.24) is 19.6 Å². The monoisotopic (exact) mass is 902 g/mol. The number of benzene rings is 2. The molecule has 2 aromatic carbocycles. The van der Waals surface area contributed by atoms with Crippen LogP contribution in [-0.4, -0.2) is 89.0 Å². The Morgan fingerprint density at radius 1 is 0.651 bits per heavy atom. The Bertz CT molecular complexity index is 2820. The molecule has 4 aromatic heterocycles. The second-order valence-corrected chi connectivity index (χ2v) is 17.4. The summed E-state index contributed by atoms with van der Waals surface area (Å²) in [4.78, 5) is 84.3. The second kappa shape index (κ2) is 18.3. The largest absolute Gasteiger partial charge is 0.497 e. The molecule has 0 aliphatic carbocycles. The Hall–Kier alpha value is -6.80. The summed E-state index contributed by atoms with van der Waals surface area (Å²) >= 11 is 2.07. The van der Waals surface area contributed by atoms with Crippen LogP contribution in [0, 0.1) is 0 Å². The van der Waals surface area contributed by atoms with E-state index in [4.69, 9.17) is 28.4 Å². The fraction of sp³-hybridized carbons (Fsp3) is 0.349. The zero-order chi connectivity index (χ0) is 46.0. The molecule has 18 nitrogen and oxygen atoms in total. The van der Waals surface area contributed by atoms with E-state index in [-0.39, 0.29) is 67.6 Å². The molecular formula is C43H46N6O12S2. The minimum absolute atomic E-state index is 0.0120. The summed E-state index contributed by atoms with van der Waals surface area (Å²) in [7, 11) is 2.97. The molecule has 6 rings (SSSR count). The van der Waals surface area contributed by atoms with Gasteiger partial charge in [0.25, 0.3) is 11.1 Å². The van der Waals surface area contributed by atoms with Crippen molar-refractivity contribution in [2.75, 3.05) is 43.9 Å². The van der Waals surface area contributed by atoms with Gasteiger partial charge in [0.2, 0.25) is 0 Å². The van der Waals surface area contributed by atoms with Crippen LogP contribution in [0.2, 0.25) is 0 Å². The number of carbonyl (C=O) groups is 4. The molecule has 0 bridgehead atoms. The predicted molar refractivity (Wildman–Crippen MR) is 238 cm³/mol. The summed E-state index contributed by atoms with van der Waals surface area (Å²) in [6, 6.07) is 12.5. The molecule has 0 N–H and O–H groups in total. The van der Waals surface area contributed by atoms with E-state index in [0.29, 0.717) is 11.4 Å². The third kappa shape index (κ3) is 9.81. The topological polar surface area (TPSA) is 200 Å². The molecule has 0 saturated carbocycles. The van der Waals surface area contributed by atoms with Gasteiger partial charge in [-0.25, -0.2) is 24.1 Å². The molecule has 0 aliphatic heterocycles. The number of amides is 2. The first-order chi connectivity index (χ1) is 29.8. The van der Waals surface area contributed by atoms with Gasteiger partial charge in [-0.05, 0) is 104 Å². The van der Waals surface area contributed by atoms with Gasteiger partial charge in [0, 0.05) is 28.6 Å². The summed E-state index contributed by atoms with van der Waals surface area (Å²) in [6.45, 7) is 13.1. The van der Waals surface area contributed by atoms with E-state index >= 15 is 0 Å². The van der Waals surface area contributed by atoms with Crippen LogP contribution in [0.5, 0.6) is 11.5 Å². The minimum atomic E-state index is -0.960. The highest BCUT2D eigenvalue weighted by Gasteiger charge is 2.32. The number of thiophene rings is 2. The van der Waals surface area contributed by atoms with Crippen molar-refractivity contribution in [3.8, 4) is 22.9 Å². The van der Waals surface area contributed by atoms with Crippen LogP contribution >= 0.6 is 22.7 Å². The number of hydrogen-bond acceptors (Lipinski definition) is 16. The first-order valence-corrected chi connectivity index (χ1v) is 21.3. The van der Waals surface area contributed by atoms with Crippen LogP contribution in [0.25, 0.3) is 32.9 Å². The van der Waals surface area contributed by atoms with Gasteiger partial charge < -0.3 is 28.4 Å². The molecule has 0 unspecified atom stereocenters. The maximum Gasteiger partial charge on any atom is 0.418 e. The molecule has 0 aliphatic rings. The van der Waals surface area contributed by atoms with Gasteiger partial charge in [-0.2, -0.15) is 19.6 Å². The first kappa shape index (κ1) is 45.7. The summed E-state index contributed by atoms with van der Waals surface area (Å²) in [5, 5.41) is 12.6. The number of ether oxygens (including phenoxy) is 6. The molecule has 20 heteroatoms. The number of fused-ring (bicyclic) bond motifs is 2. The molecule has 0 saturated heterocycles.